The first-order valence-electron chi connectivity index (χ1n) is 11.0. The molecule has 4 nitrogen and oxygen atoms in total. The molecule has 0 rings (SSSR count). The van der Waals surface area contributed by atoms with Gasteiger partial charge in [0, 0.05) is 12.2 Å². The Morgan fingerprint density at radius 1 is 0.857 bits per heavy atom. The van der Waals surface area contributed by atoms with Crippen molar-refractivity contribution in [2.45, 2.75) is 103 Å². The number of hydrogen-bond acceptors (Lipinski definition) is 3. The number of carboxylic acids is 1. The van der Waals surface area contributed by atoms with Gasteiger partial charge in [0.05, 0.1) is 0 Å². The zero-order valence-electron chi connectivity index (χ0n) is 17.7. The summed E-state index contributed by atoms with van der Waals surface area (Å²) in [7, 11) is 0. The predicted octanol–water partition coefficient (Wildman–Crippen LogP) is 6.08. The van der Waals surface area contributed by atoms with Gasteiger partial charge in [0.25, 0.3) is 0 Å². The Labute approximate surface area is 177 Å². The van der Waals surface area contributed by atoms with Crippen molar-refractivity contribution >= 4 is 24.5 Å². The number of aliphatic carboxylic acids is 1. The van der Waals surface area contributed by atoms with Crippen LogP contribution in [-0.4, -0.2) is 28.8 Å². The van der Waals surface area contributed by atoms with E-state index in [9.17, 15) is 9.59 Å². The molecule has 2 N–H and O–H groups in total. The molecule has 0 fully saturated rings. The Morgan fingerprint density at radius 2 is 1.39 bits per heavy atom. The van der Waals surface area contributed by atoms with E-state index in [2.05, 4.69) is 49.2 Å². The van der Waals surface area contributed by atoms with Crippen LogP contribution in [0.25, 0.3) is 0 Å². The van der Waals surface area contributed by atoms with Crippen molar-refractivity contribution in [3.63, 3.8) is 0 Å². The fourth-order valence-electron chi connectivity index (χ4n) is 2.90. The molecule has 0 aliphatic rings. The van der Waals surface area contributed by atoms with Crippen molar-refractivity contribution < 1.29 is 14.7 Å². The van der Waals surface area contributed by atoms with Gasteiger partial charge in [0.1, 0.15) is 6.04 Å². The highest BCUT2D eigenvalue weighted by molar-refractivity contribution is 7.80. The van der Waals surface area contributed by atoms with Gasteiger partial charge in [-0.2, -0.15) is 12.6 Å². The first kappa shape index (κ1) is 26.8. The van der Waals surface area contributed by atoms with Gasteiger partial charge in [-0.3, -0.25) is 4.79 Å². The van der Waals surface area contributed by atoms with Crippen molar-refractivity contribution in [1.82, 2.24) is 5.32 Å². The molecule has 1 atom stereocenters. The molecule has 0 aromatic heterocycles. The van der Waals surface area contributed by atoms with Crippen LogP contribution in [0.4, 0.5) is 0 Å². The van der Waals surface area contributed by atoms with E-state index in [-0.39, 0.29) is 11.7 Å². The van der Waals surface area contributed by atoms with Crippen LogP contribution in [-0.2, 0) is 9.59 Å². The molecule has 0 aliphatic carbocycles. The summed E-state index contributed by atoms with van der Waals surface area (Å²) < 4.78 is 0. The Morgan fingerprint density at radius 3 is 1.93 bits per heavy atom. The average Bonchev–Trinajstić information content (AvgIpc) is 2.68. The first-order valence-corrected chi connectivity index (χ1v) is 11.7. The van der Waals surface area contributed by atoms with Crippen LogP contribution in [0.1, 0.15) is 96.8 Å². The van der Waals surface area contributed by atoms with Gasteiger partial charge in [-0.25, -0.2) is 4.79 Å². The second-order valence-corrected chi connectivity index (χ2v) is 7.69. The van der Waals surface area contributed by atoms with Crippen molar-refractivity contribution in [3.8, 4) is 0 Å². The minimum absolute atomic E-state index is 0.117. The lowest BCUT2D eigenvalue weighted by molar-refractivity contribution is -0.141. The summed E-state index contributed by atoms with van der Waals surface area (Å²) in [5.74, 6) is -1.10. The van der Waals surface area contributed by atoms with Crippen molar-refractivity contribution in [2.24, 2.45) is 0 Å². The van der Waals surface area contributed by atoms with Gasteiger partial charge in [-0.05, 0) is 38.5 Å². The van der Waals surface area contributed by atoms with E-state index in [1.54, 1.807) is 0 Å². The molecule has 0 bridgehead atoms. The zero-order chi connectivity index (χ0) is 20.9. The quantitative estimate of drug-likeness (QED) is 0.137. The monoisotopic (exact) mass is 411 g/mol. The number of amides is 1. The fourth-order valence-corrected chi connectivity index (χ4v) is 3.15. The number of carbonyl (C=O) groups excluding carboxylic acids is 1. The van der Waals surface area contributed by atoms with Gasteiger partial charge in [-0.15, -0.1) is 0 Å². The van der Waals surface area contributed by atoms with Gasteiger partial charge in [0.2, 0.25) is 5.91 Å². The summed E-state index contributed by atoms with van der Waals surface area (Å²) in [6.07, 6.45) is 24.9. The summed E-state index contributed by atoms with van der Waals surface area (Å²) in [6, 6.07) is -0.883. The molecule has 0 saturated carbocycles. The molecular formula is C23H41NO3S. The molecule has 0 spiro atoms. The molecule has 0 unspecified atom stereocenters. The summed E-state index contributed by atoms with van der Waals surface area (Å²) in [5.41, 5.74) is 0. The van der Waals surface area contributed by atoms with Gasteiger partial charge in [0.15, 0.2) is 0 Å². The van der Waals surface area contributed by atoms with E-state index >= 15 is 0 Å². The van der Waals surface area contributed by atoms with E-state index in [0.29, 0.717) is 6.42 Å². The molecule has 0 radical (unpaired) electrons. The van der Waals surface area contributed by atoms with E-state index in [4.69, 9.17) is 5.11 Å². The zero-order valence-corrected chi connectivity index (χ0v) is 18.6. The number of hydrogen-bond donors (Lipinski definition) is 3. The Kier molecular flexibility index (Phi) is 19.6. The molecule has 0 aromatic rings. The number of thiol groups is 1. The van der Waals surface area contributed by atoms with Crippen LogP contribution in [0.15, 0.2) is 24.3 Å². The fraction of sp³-hybridized carbons (Fsp3) is 0.739. The Bertz CT molecular complexity index is 449. The van der Waals surface area contributed by atoms with Crippen LogP contribution >= 0.6 is 12.6 Å². The maximum absolute atomic E-state index is 11.7. The standard InChI is InChI=1S/C23H41NO3S/c1-2-3-4-5-6-7-8-9-10-11-12-13-14-15-16-17-18-19-22(25)24-21(20-28)23(26)27/h6-7,9-10,21,28H,2-5,8,11-20H2,1H3,(H,24,25)(H,26,27)/b7-6-,10-9-/t21-/m0/s1. The normalized spacial score (nSPS) is 12.6. The third kappa shape index (κ3) is 18.1. The largest absolute Gasteiger partial charge is 0.480 e. The maximum Gasteiger partial charge on any atom is 0.327 e. The minimum Gasteiger partial charge on any atom is -0.480 e. The summed E-state index contributed by atoms with van der Waals surface area (Å²) in [4.78, 5) is 22.5. The van der Waals surface area contributed by atoms with Crippen molar-refractivity contribution in [1.29, 1.82) is 0 Å². The molecule has 1 amide bonds. The summed E-state index contributed by atoms with van der Waals surface area (Å²) >= 11 is 3.93. The highest BCUT2D eigenvalue weighted by Gasteiger charge is 2.17. The number of allylic oxidation sites excluding steroid dienone is 4. The molecule has 0 aliphatic heterocycles. The number of nitrogens with one attached hydrogen (secondary N) is 1. The Hall–Kier alpha value is -1.23. The summed E-state index contributed by atoms with van der Waals surface area (Å²) in [6.45, 7) is 2.24. The van der Waals surface area contributed by atoms with Crippen molar-refractivity contribution in [3.05, 3.63) is 24.3 Å². The Balaban J connectivity index is 3.38. The van der Waals surface area contributed by atoms with Gasteiger partial charge in [-0.1, -0.05) is 76.2 Å². The molecule has 5 heteroatoms. The number of unbranched alkanes of at least 4 members (excludes halogenated alkanes) is 10. The second-order valence-electron chi connectivity index (χ2n) is 7.33. The van der Waals surface area contributed by atoms with E-state index < -0.39 is 12.0 Å². The number of rotatable bonds is 19. The van der Waals surface area contributed by atoms with Crippen LogP contribution in [0.3, 0.4) is 0 Å². The molecule has 28 heavy (non-hydrogen) atoms. The second kappa shape index (κ2) is 20.5. The van der Waals surface area contributed by atoms with E-state index in [1.807, 2.05) is 0 Å². The highest BCUT2D eigenvalue weighted by atomic mass is 32.1. The smallest absolute Gasteiger partial charge is 0.327 e. The average molecular weight is 412 g/mol. The molecule has 0 saturated heterocycles. The molecule has 0 aromatic carbocycles. The SMILES string of the molecule is CCCCC/C=C\C/C=C\CCCCCCCCCC(=O)N[C@@H](CS)C(=O)O. The van der Waals surface area contributed by atoms with Gasteiger partial charge < -0.3 is 10.4 Å². The lowest BCUT2D eigenvalue weighted by Crippen LogP contribution is -2.42. The third-order valence-corrected chi connectivity index (χ3v) is 5.04. The summed E-state index contributed by atoms with van der Waals surface area (Å²) in [5, 5.41) is 11.4. The van der Waals surface area contributed by atoms with Crippen molar-refractivity contribution in [2.75, 3.05) is 5.75 Å². The topological polar surface area (TPSA) is 66.4 Å². The van der Waals surface area contributed by atoms with E-state index in [0.717, 1.165) is 25.7 Å². The van der Waals surface area contributed by atoms with Crippen LogP contribution in [0.2, 0.25) is 0 Å². The molecule has 162 valence electrons. The van der Waals surface area contributed by atoms with Crippen LogP contribution < -0.4 is 5.32 Å². The predicted molar refractivity (Wildman–Crippen MR) is 122 cm³/mol. The maximum atomic E-state index is 11.7. The first-order chi connectivity index (χ1) is 13.6. The highest BCUT2D eigenvalue weighted by Crippen LogP contribution is 2.10. The lowest BCUT2D eigenvalue weighted by atomic mass is 10.1. The third-order valence-electron chi connectivity index (χ3n) is 4.67. The minimum atomic E-state index is -1.03. The number of carbonyl (C=O) groups is 2. The van der Waals surface area contributed by atoms with Gasteiger partial charge >= 0.3 is 5.97 Å². The number of carboxylic acid groups (broad SMARTS) is 1. The van der Waals surface area contributed by atoms with Crippen LogP contribution in [0.5, 0.6) is 0 Å². The molecular weight excluding hydrogens is 370 g/mol. The van der Waals surface area contributed by atoms with E-state index in [1.165, 1.54) is 57.8 Å². The molecule has 0 heterocycles. The lowest BCUT2D eigenvalue weighted by Gasteiger charge is -2.11. The van der Waals surface area contributed by atoms with Crippen LogP contribution in [0, 0.1) is 0 Å².